The zero-order valence-electron chi connectivity index (χ0n) is 18.2. The van der Waals surface area contributed by atoms with Crippen LogP contribution in [0.5, 0.6) is 0 Å². The van der Waals surface area contributed by atoms with E-state index in [4.69, 9.17) is 0 Å². The molecule has 3 fully saturated rings. The lowest BCUT2D eigenvalue weighted by molar-refractivity contribution is 0.0624. The van der Waals surface area contributed by atoms with Crippen LogP contribution in [0.15, 0.2) is 4.99 Å². The van der Waals surface area contributed by atoms with Crippen LogP contribution in [0, 0.1) is 0 Å². The third-order valence-corrected chi connectivity index (χ3v) is 7.82. The smallest absolute Gasteiger partial charge is 0.191 e. The number of nitrogens with one attached hydrogen (secondary N) is 2. The first kappa shape index (κ1) is 24.5. The second-order valence-corrected chi connectivity index (χ2v) is 10.1. The maximum atomic E-state index is 4.56. The van der Waals surface area contributed by atoms with Gasteiger partial charge in [0.25, 0.3) is 0 Å². The molecule has 0 bridgehead atoms. The molecular weight excluding hydrogens is 481 g/mol. The molecule has 164 valence electrons. The van der Waals surface area contributed by atoms with Crippen molar-refractivity contribution >= 4 is 41.7 Å². The van der Waals surface area contributed by atoms with Gasteiger partial charge in [-0.2, -0.15) is 11.8 Å². The predicted molar refractivity (Wildman–Crippen MR) is 134 cm³/mol. The molecule has 1 aliphatic carbocycles. The summed E-state index contributed by atoms with van der Waals surface area (Å²) >= 11 is 2.11. The quantitative estimate of drug-likeness (QED) is 0.329. The van der Waals surface area contributed by atoms with E-state index in [-0.39, 0.29) is 24.0 Å². The van der Waals surface area contributed by atoms with Crippen LogP contribution in [0.25, 0.3) is 0 Å². The minimum atomic E-state index is 0. The average Bonchev–Trinajstić information content (AvgIpc) is 2.72. The minimum Gasteiger partial charge on any atom is -0.355 e. The summed E-state index contributed by atoms with van der Waals surface area (Å²) in [5, 5.41) is 7.45. The van der Waals surface area contributed by atoms with E-state index in [9.17, 15) is 0 Å². The van der Waals surface area contributed by atoms with Crippen LogP contribution in [-0.2, 0) is 0 Å². The fourth-order valence-electron chi connectivity index (χ4n) is 5.05. The number of hydrogen-bond acceptors (Lipinski definition) is 4. The van der Waals surface area contributed by atoms with Gasteiger partial charge in [-0.05, 0) is 39.5 Å². The summed E-state index contributed by atoms with van der Waals surface area (Å²) in [7, 11) is 1.92. The molecule has 0 aromatic rings. The molecule has 3 aliphatic rings. The Morgan fingerprint density at radius 2 is 1.71 bits per heavy atom. The summed E-state index contributed by atoms with van der Waals surface area (Å²) in [5.41, 5.74) is 0.345. The molecule has 0 aromatic heterocycles. The van der Waals surface area contributed by atoms with E-state index in [0.29, 0.717) is 17.6 Å². The first-order valence-electron chi connectivity index (χ1n) is 11.2. The van der Waals surface area contributed by atoms with Gasteiger partial charge >= 0.3 is 0 Å². The summed E-state index contributed by atoms with van der Waals surface area (Å²) < 4.78 is 0. The second kappa shape index (κ2) is 12.2. The zero-order valence-corrected chi connectivity index (χ0v) is 21.4. The standard InChI is InChI=1S/C21H41N5S.HI/c1-18(2)25-11-7-19(8-12-25)24-20(22-3)23-17-21(9-5-4-6-10-21)26-13-15-27-16-14-26;/h18-19H,4-17H2,1-3H3,(H2,22,23,24);1H. The van der Waals surface area contributed by atoms with Gasteiger partial charge in [-0.1, -0.05) is 19.3 Å². The number of thioether (sulfide) groups is 1. The molecule has 2 saturated heterocycles. The van der Waals surface area contributed by atoms with Gasteiger partial charge in [0.1, 0.15) is 0 Å². The third-order valence-electron chi connectivity index (χ3n) is 6.88. The Hall–Kier alpha value is 0.270. The van der Waals surface area contributed by atoms with Crippen molar-refractivity contribution in [3.63, 3.8) is 0 Å². The molecule has 0 spiro atoms. The lowest BCUT2D eigenvalue weighted by atomic mass is 9.80. The lowest BCUT2D eigenvalue weighted by Crippen LogP contribution is -2.60. The van der Waals surface area contributed by atoms with Gasteiger partial charge in [0, 0.05) is 68.9 Å². The van der Waals surface area contributed by atoms with Gasteiger partial charge < -0.3 is 15.5 Å². The van der Waals surface area contributed by atoms with E-state index in [1.165, 1.54) is 82.6 Å². The van der Waals surface area contributed by atoms with Crippen molar-refractivity contribution < 1.29 is 0 Å². The highest BCUT2D eigenvalue weighted by Gasteiger charge is 2.38. The number of nitrogens with zero attached hydrogens (tertiary/aromatic N) is 3. The maximum absolute atomic E-state index is 4.56. The highest BCUT2D eigenvalue weighted by atomic mass is 127. The molecule has 0 amide bonds. The molecule has 5 nitrogen and oxygen atoms in total. The topological polar surface area (TPSA) is 42.9 Å². The van der Waals surface area contributed by atoms with E-state index in [2.05, 4.69) is 51.0 Å². The van der Waals surface area contributed by atoms with Crippen molar-refractivity contribution in [3.05, 3.63) is 0 Å². The average molecular weight is 524 g/mol. The van der Waals surface area contributed by atoms with E-state index < -0.39 is 0 Å². The highest BCUT2D eigenvalue weighted by Crippen LogP contribution is 2.34. The summed E-state index contributed by atoms with van der Waals surface area (Å²) in [6, 6.07) is 1.22. The number of likely N-dealkylation sites (tertiary alicyclic amines) is 1. The number of aliphatic imine (C=N–C) groups is 1. The molecule has 0 unspecified atom stereocenters. The number of hydrogen-bond donors (Lipinski definition) is 2. The Bertz CT molecular complexity index is 467. The largest absolute Gasteiger partial charge is 0.355 e. The van der Waals surface area contributed by atoms with Crippen LogP contribution < -0.4 is 10.6 Å². The molecule has 2 aliphatic heterocycles. The Labute approximate surface area is 194 Å². The van der Waals surface area contributed by atoms with Crippen LogP contribution in [0.2, 0.25) is 0 Å². The fraction of sp³-hybridized carbons (Fsp3) is 0.952. The molecule has 7 heteroatoms. The van der Waals surface area contributed by atoms with Crippen molar-refractivity contribution in [3.8, 4) is 0 Å². The van der Waals surface area contributed by atoms with Crippen molar-refractivity contribution in [2.75, 3.05) is 51.3 Å². The monoisotopic (exact) mass is 523 g/mol. The van der Waals surface area contributed by atoms with Crippen molar-refractivity contribution in [2.24, 2.45) is 4.99 Å². The number of piperidine rings is 1. The summed E-state index contributed by atoms with van der Waals surface area (Å²) in [6.45, 7) is 10.6. The SMILES string of the molecule is CN=C(NCC1(N2CCSCC2)CCCCC1)NC1CCN(C(C)C)CC1.I. The molecule has 2 heterocycles. The summed E-state index contributed by atoms with van der Waals surface area (Å²) in [6.07, 6.45) is 9.28. The van der Waals surface area contributed by atoms with Gasteiger partial charge in [-0.25, -0.2) is 0 Å². The van der Waals surface area contributed by atoms with Crippen molar-refractivity contribution in [1.82, 2.24) is 20.4 Å². The van der Waals surface area contributed by atoms with E-state index in [1.807, 2.05) is 7.05 Å². The summed E-state index contributed by atoms with van der Waals surface area (Å²) in [5.74, 6) is 3.60. The Morgan fingerprint density at radius 1 is 1.07 bits per heavy atom. The maximum Gasteiger partial charge on any atom is 0.191 e. The summed E-state index contributed by atoms with van der Waals surface area (Å²) in [4.78, 5) is 9.93. The molecule has 0 atom stereocenters. The zero-order chi connectivity index (χ0) is 19.1. The molecule has 2 N–H and O–H groups in total. The molecule has 0 radical (unpaired) electrons. The van der Waals surface area contributed by atoms with Crippen molar-refractivity contribution in [1.29, 1.82) is 0 Å². The molecule has 28 heavy (non-hydrogen) atoms. The van der Waals surface area contributed by atoms with Gasteiger partial charge in [-0.3, -0.25) is 9.89 Å². The first-order valence-corrected chi connectivity index (χ1v) is 12.3. The number of halogens is 1. The second-order valence-electron chi connectivity index (χ2n) is 8.86. The Morgan fingerprint density at radius 3 is 2.29 bits per heavy atom. The van der Waals surface area contributed by atoms with E-state index >= 15 is 0 Å². The third kappa shape index (κ3) is 6.64. The number of guanidine groups is 1. The Balaban J connectivity index is 0.00000280. The fourth-order valence-corrected chi connectivity index (χ4v) is 5.95. The van der Waals surface area contributed by atoms with E-state index in [1.54, 1.807) is 0 Å². The molecule has 0 aromatic carbocycles. The highest BCUT2D eigenvalue weighted by molar-refractivity contribution is 14.0. The van der Waals surface area contributed by atoms with Crippen LogP contribution in [0.3, 0.4) is 0 Å². The molecule has 3 rings (SSSR count). The van der Waals surface area contributed by atoms with Gasteiger partial charge in [0.05, 0.1) is 0 Å². The van der Waals surface area contributed by atoms with Gasteiger partial charge in [0.15, 0.2) is 5.96 Å². The van der Waals surface area contributed by atoms with E-state index in [0.717, 1.165) is 12.5 Å². The van der Waals surface area contributed by atoms with Crippen LogP contribution in [0.1, 0.15) is 58.8 Å². The number of rotatable bonds is 5. The predicted octanol–water partition coefficient (Wildman–Crippen LogP) is 3.39. The van der Waals surface area contributed by atoms with Crippen LogP contribution in [0.4, 0.5) is 0 Å². The van der Waals surface area contributed by atoms with Gasteiger partial charge in [0.2, 0.25) is 0 Å². The molecule has 1 saturated carbocycles. The van der Waals surface area contributed by atoms with Crippen LogP contribution in [-0.4, -0.2) is 84.7 Å². The van der Waals surface area contributed by atoms with Gasteiger partial charge in [-0.15, -0.1) is 24.0 Å². The first-order chi connectivity index (χ1) is 13.1. The molecular formula is C21H42IN5S. The minimum absolute atomic E-state index is 0. The lowest BCUT2D eigenvalue weighted by Gasteiger charge is -2.48. The Kier molecular flexibility index (Phi) is 10.7. The van der Waals surface area contributed by atoms with Crippen molar-refractivity contribution in [2.45, 2.75) is 76.4 Å². The van der Waals surface area contributed by atoms with Crippen LogP contribution >= 0.6 is 35.7 Å². The normalized spacial score (nSPS) is 25.4.